The summed E-state index contributed by atoms with van der Waals surface area (Å²) in [5, 5.41) is 10.2. The Bertz CT molecular complexity index is 1410. The number of halogens is 9. The molecule has 0 saturated heterocycles. The van der Waals surface area contributed by atoms with Crippen LogP contribution in [0.4, 0.5) is 39.5 Å². The van der Waals surface area contributed by atoms with E-state index in [2.05, 4.69) is 10.1 Å². The van der Waals surface area contributed by atoms with Crippen LogP contribution < -0.4 is 5.32 Å². The lowest BCUT2D eigenvalue weighted by atomic mass is 9.90. The lowest BCUT2D eigenvalue weighted by molar-refractivity contribution is -0.392. The van der Waals surface area contributed by atoms with Crippen LogP contribution in [0.25, 0.3) is 0 Å². The molecule has 0 aliphatic heterocycles. The topological polar surface area (TPSA) is 75.6 Å². The quantitative estimate of drug-likeness (QED) is 0.143. The summed E-state index contributed by atoms with van der Waals surface area (Å²) in [6.07, 6.45) is -12.2. The number of rotatable bonds is 12. The van der Waals surface area contributed by atoms with E-state index in [-0.39, 0.29) is 36.6 Å². The van der Waals surface area contributed by atoms with Gasteiger partial charge in [0.1, 0.15) is 22.7 Å². The average molecular weight is 630 g/mol. The SMILES string of the molecule is O=S(=O)(c1ccc(F)cc1)C(CNCCCO)c1ccc(C(OCc2c(F)cccc2F)(C(F)(F)F)C(F)(F)F)cc1. The summed E-state index contributed by atoms with van der Waals surface area (Å²) in [7, 11) is -4.37. The van der Waals surface area contributed by atoms with E-state index >= 15 is 0 Å². The van der Waals surface area contributed by atoms with Crippen LogP contribution in [0.5, 0.6) is 0 Å². The molecule has 230 valence electrons. The highest BCUT2D eigenvalue weighted by atomic mass is 32.2. The van der Waals surface area contributed by atoms with Crippen LogP contribution >= 0.6 is 0 Å². The fraction of sp³-hybridized carbons (Fsp3) is 0.333. The van der Waals surface area contributed by atoms with Gasteiger partial charge in [-0.05, 0) is 54.9 Å². The molecule has 0 radical (unpaired) electrons. The second-order valence-electron chi connectivity index (χ2n) is 9.06. The molecule has 0 bridgehead atoms. The number of benzene rings is 3. The first-order valence-electron chi connectivity index (χ1n) is 12.2. The van der Waals surface area contributed by atoms with Gasteiger partial charge in [-0.15, -0.1) is 0 Å². The molecule has 0 aliphatic carbocycles. The number of hydrogen-bond donors (Lipinski definition) is 2. The largest absolute Gasteiger partial charge is 0.430 e. The van der Waals surface area contributed by atoms with Gasteiger partial charge >= 0.3 is 12.4 Å². The molecule has 0 spiro atoms. The Morgan fingerprint density at radius 3 is 1.86 bits per heavy atom. The molecule has 3 rings (SSSR count). The van der Waals surface area contributed by atoms with Gasteiger partial charge in [0.05, 0.1) is 11.5 Å². The van der Waals surface area contributed by atoms with Crippen molar-refractivity contribution in [2.45, 2.75) is 41.1 Å². The van der Waals surface area contributed by atoms with Crippen molar-refractivity contribution in [2.24, 2.45) is 0 Å². The van der Waals surface area contributed by atoms with Crippen molar-refractivity contribution in [3.8, 4) is 0 Å². The first-order valence-corrected chi connectivity index (χ1v) is 13.7. The Hall–Kier alpha value is -3.14. The lowest BCUT2D eigenvalue weighted by Crippen LogP contribution is -2.55. The molecule has 0 heterocycles. The fourth-order valence-corrected chi connectivity index (χ4v) is 5.85. The first-order chi connectivity index (χ1) is 19.6. The predicted octanol–water partition coefficient (Wildman–Crippen LogP) is 6.13. The van der Waals surface area contributed by atoms with Gasteiger partial charge < -0.3 is 15.2 Å². The molecule has 2 N–H and O–H groups in total. The zero-order valence-electron chi connectivity index (χ0n) is 21.4. The summed E-state index contributed by atoms with van der Waals surface area (Å²) < 4.78 is 158. The maximum Gasteiger partial charge on any atom is 0.430 e. The van der Waals surface area contributed by atoms with Crippen molar-refractivity contribution in [3.05, 3.63) is 101 Å². The highest BCUT2D eigenvalue weighted by Gasteiger charge is 2.73. The predicted molar refractivity (Wildman–Crippen MR) is 132 cm³/mol. The molecule has 5 nitrogen and oxygen atoms in total. The minimum absolute atomic E-state index is 0.121. The molecule has 3 aromatic carbocycles. The maximum absolute atomic E-state index is 14.2. The van der Waals surface area contributed by atoms with Crippen molar-refractivity contribution >= 4 is 9.84 Å². The number of aliphatic hydroxyl groups excluding tert-OH is 1. The molecule has 0 amide bonds. The maximum atomic E-state index is 14.2. The van der Waals surface area contributed by atoms with Crippen molar-refractivity contribution < 1.29 is 57.8 Å². The molecular weight excluding hydrogens is 605 g/mol. The fourth-order valence-electron chi connectivity index (χ4n) is 4.15. The number of sulfone groups is 1. The first kappa shape index (κ1) is 33.4. The Morgan fingerprint density at radius 2 is 1.36 bits per heavy atom. The van der Waals surface area contributed by atoms with E-state index in [9.17, 15) is 47.9 Å². The number of ether oxygens (including phenoxy) is 1. The van der Waals surface area contributed by atoms with Gasteiger partial charge in [-0.2, -0.15) is 26.3 Å². The molecule has 1 atom stereocenters. The molecule has 0 aliphatic rings. The van der Waals surface area contributed by atoms with Crippen molar-refractivity contribution in [2.75, 3.05) is 19.7 Å². The van der Waals surface area contributed by atoms with Crippen LogP contribution in [-0.4, -0.2) is 45.6 Å². The summed E-state index contributed by atoms with van der Waals surface area (Å²) in [6, 6.07) is 7.97. The van der Waals surface area contributed by atoms with E-state index < -0.39 is 68.2 Å². The number of aliphatic hydroxyl groups is 1. The van der Waals surface area contributed by atoms with E-state index in [0.717, 1.165) is 42.5 Å². The minimum Gasteiger partial charge on any atom is -0.396 e. The second-order valence-corrected chi connectivity index (χ2v) is 11.2. The average Bonchev–Trinajstić information content (AvgIpc) is 2.89. The Balaban J connectivity index is 2.09. The normalized spacial score (nSPS) is 13.8. The third-order valence-electron chi connectivity index (χ3n) is 6.34. The molecule has 0 aromatic heterocycles. The van der Waals surface area contributed by atoms with E-state index in [1.54, 1.807) is 0 Å². The van der Waals surface area contributed by atoms with Crippen LogP contribution in [0.3, 0.4) is 0 Å². The van der Waals surface area contributed by atoms with Gasteiger partial charge in [0.15, 0.2) is 9.84 Å². The van der Waals surface area contributed by atoms with Crippen LogP contribution in [0.2, 0.25) is 0 Å². The van der Waals surface area contributed by atoms with Gasteiger partial charge in [-0.3, -0.25) is 0 Å². The molecule has 15 heteroatoms. The van der Waals surface area contributed by atoms with E-state index in [4.69, 9.17) is 5.11 Å². The summed E-state index contributed by atoms with van der Waals surface area (Å²) in [5.74, 6) is -3.60. The standard InChI is InChI=1S/C27H24F9NO4S/c28-19-9-11-20(12-10-19)42(39,40)24(15-37-13-2-14-38)17-5-7-18(8-6-17)25(26(31,32)33,27(34,35)36)41-16-21-22(29)3-1-4-23(21)30/h1,3-12,24,37-38H,2,13-16H2. The van der Waals surface area contributed by atoms with Crippen molar-refractivity contribution in [1.82, 2.24) is 5.32 Å². The number of hydrogen-bond acceptors (Lipinski definition) is 5. The van der Waals surface area contributed by atoms with Crippen LogP contribution in [0, 0.1) is 17.5 Å². The summed E-state index contributed by atoms with van der Waals surface area (Å²) >= 11 is 0. The second kappa shape index (κ2) is 13.0. The van der Waals surface area contributed by atoms with E-state index in [1.807, 2.05) is 0 Å². The minimum atomic E-state index is -6.18. The van der Waals surface area contributed by atoms with Gasteiger partial charge in [0, 0.05) is 24.3 Å². The molecule has 0 fully saturated rings. The monoisotopic (exact) mass is 629 g/mol. The zero-order valence-corrected chi connectivity index (χ0v) is 22.3. The molecule has 1 unspecified atom stereocenters. The van der Waals surface area contributed by atoms with Gasteiger partial charge in [-0.1, -0.05) is 30.3 Å². The van der Waals surface area contributed by atoms with Gasteiger partial charge in [0.25, 0.3) is 5.60 Å². The molecule has 3 aromatic rings. The number of alkyl halides is 6. The number of nitrogens with one attached hydrogen (secondary N) is 1. The Labute approximate surface area is 234 Å². The molecule has 0 saturated carbocycles. The molecule has 42 heavy (non-hydrogen) atoms. The van der Waals surface area contributed by atoms with Crippen molar-refractivity contribution in [1.29, 1.82) is 0 Å². The Morgan fingerprint density at radius 1 is 0.810 bits per heavy atom. The van der Waals surface area contributed by atoms with E-state index in [1.165, 1.54) is 0 Å². The van der Waals surface area contributed by atoms with Gasteiger partial charge in [-0.25, -0.2) is 21.6 Å². The summed E-state index contributed by atoms with van der Waals surface area (Å²) in [5.41, 5.74) is -7.95. The third-order valence-corrected chi connectivity index (χ3v) is 8.46. The molecular formula is C27H24F9NO4S. The van der Waals surface area contributed by atoms with Gasteiger partial charge in [0.2, 0.25) is 0 Å². The summed E-state index contributed by atoms with van der Waals surface area (Å²) in [4.78, 5) is -0.364. The smallest absolute Gasteiger partial charge is 0.396 e. The highest BCUT2D eigenvalue weighted by Crippen LogP contribution is 2.53. The third kappa shape index (κ3) is 6.90. The van der Waals surface area contributed by atoms with Crippen LogP contribution in [0.1, 0.15) is 28.4 Å². The van der Waals surface area contributed by atoms with Crippen molar-refractivity contribution in [3.63, 3.8) is 0 Å². The highest BCUT2D eigenvalue weighted by molar-refractivity contribution is 7.91. The zero-order chi connectivity index (χ0) is 31.3. The lowest BCUT2D eigenvalue weighted by Gasteiger charge is -2.37. The Kier molecular flexibility index (Phi) is 10.3. The summed E-state index contributed by atoms with van der Waals surface area (Å²) in [6.45, 7) is -2.23. The van der Waals surface area contributed by atoms with Crippen LogP contribution in [0.15, 0.2) is 71.6 Å². The van der Waals surface area contributed by atoms with E-state index in [0.29, 0.717) is 24.3 Å². The van der Waals surface area contributed by atoms with Crippen LogP contribution in [-0.2, 0) is 26.8 Å².